The molecule has 0 amide bonds. The number of aromatic nitrogens is 7. The van der Waals surface area contributed by atoms with E-state index >= 15 is 0 Å². The fraction of sp³-hybridized carbons (Fsp3) is 0.320. The van der Waals surface area contributed by atoms with Crippen LogP contribution in [0.4, 0.5) is 5.82 Å². The molecule has 2 N–H and O–H groups in total. The van der Waals surface area contributed by atoms with Crippen molar-refractivity contribution in [2.75, 3.05) is 32.1 Å². The fourth-order valence-corrected chi connectivity index (χ4v) is 4.71. The molecule has 1 aliphatic heterocycles. The summed E-state index contributed by atoms with van der Waals surface area (Å²) < 4.78 is 0. The van der Waals surface area contributed by atoms with E-state index < -0.39 is 0 Å². The number of fused-ring (bicyclic) bond motifs is 2. The number of rotatable bonds is 5. The Morgan fingerprint density at radius 1 is 1.00 bits per heavy atom. The highest BCUT2D eigenvalue weighted by atomic mass is 15.2. The molecule has 0 unspecified atom stereocenters. The van der Waals surface area contributed by atoms with E-state index in [1.54, 1.807) is 0 Å². The van der Waals surface area contributed by atoms with Crippen LogP contribution in [0.2, 0.25) is 0 Å². The molecular formula is C25H27N9. The molecule has 0 bridgehead atoms. The monoisotopic (exact) mass is 453 g/mol. The van der Waals surface area contributed by atoms with Crippen molar-refractivity contribution in [2.24, 2.45) is 0 Å². The van der Waals surface area contributed by atoms with Crippen molar-refractivity contribution in [1.82, 2.24) is 40.0 Å². The summed E-state index contributed by atoms with van der Waals surface area (Å²) >= 11 is 0. The van der Waals surface area contributed by atoms with Crippen LogP contribution in [0.3, 0.4) is 0 Å². The molecule has 6 heterocycles. The summed E-state index contributed by atoms with van der Waals surface area (Å²) in [5.41, 5.74) is 6.53. The number of anilines is 1. The molecule has 9 heteroatoms. The summed E-state index contributed by atoms with van der Waals surface area (Å²) in [4.78, 5) is 26.6. The maximum Gasteiger partial charge on any atom is 0.181 e. The molecule has 1 fully saturated rings. The average Bonchev–Trinajstić information content (AvgIpc) is 3.48. The van der Waals surface area contributed by atoms with E-state index in [9.17, 15) is 0 Å². The molecule has 6 rings (SSSR count). The summed E-state index contributed by atoms with van der Waals surface area (Å²) in [7, 11) is 4.11. The van der Waals surface area contributed by atoms with Crippen molar-refractivity contribution in [3.05, 3.63) is 48.5 Å². The Labute approximate surface area is 197 Å². The predicted octanol–water partition coefficient (Wildman–Crippen LogP) is 4.01. The summed E-state index contributed by atoms with van der Waals surface area (Å²) in [6, 6.07) is 6.24. The molecule has 0 aromatic carbocycles. The van der Waals surface area contributed by atoms with Gasteiger partial charge in [0, 0.05) is 55.5 Å². The van der Waals surface area contributed by atoms with Crippen molar-refractivity contribution in [3.8, 4) is 22.6 Å². The Bertz CT molecular complexity index is 1460. The lowest BCUT2D eigenvalue weighted by molar-refractivity contribution is 0.402. The second-order valence-electron chi connectivity index (χ2n) is 9.18. The largest absolute Gasteiger partial charge is 0.355 e. The maximum atomic E-state index is 4.95. The topological polar surface area (TPSA) is 103 Å². The van der Waals surface area contributed by atoms with Crippen molar-refractivity contribution in [2.45, 2.75) is 25.8 Å². The van der Waals surface area contributed by atoms with Gasteiger partial charge in [-0.3, -0.25) is 10.1 Å². The molecule has 5 aromatic heterocycles. The Balaban J connectivity index is 1.41. The van der Waals surface area contributed by atoms with E-state index in [2.05, 4.69) is 66.2 Å². The summed E-state index contributed by atoms with van der Waals surface area (Å²) in [5, 5.41) is 8.49. The number of pyridine rings is 3. The third kappa shape index (κ3) is 3.77. The Morgan fingerprint density at radius 3 is 2.71 bits per heavy atom. The van der Waals surface area contributed by atoms with Gasteiger partial charge in [-0.05, 0) is 57.1 Å². The van der Waals surface area contributed by atoms with Gasteiger partial charge in [0.1, 0.15) is 11.2 Å². The third-order valence-corrected chi connectivity index (χ3v) is 6.31. The van der Waals surface area contributed by atoms with E-state index in [0.29, 0.717) is 5.65 Å². The lowest BCUT2D eigenvalue weighted by Gasteiger charge is -2.27. The van der Waals surface area contributed by atoms with E-state index in [0.717, 1.165) is 70.1 Å². The molecule has 0 aliphatic carbocycles. The Morgan fingerprint density at radius 2 is 1.85 bits per heavy atom. The molecule has 5 aromatic rings. The fourth-order valence-electron chi connectivity index (χ4n) is 4.71. The minimum Gasteiger partial charge on any atom is -0.355 e. The zero-order valence-electron chi connectivity index (χ0n) is 19.4. The standard InChI is InChI=1S/C25H27N9/c1-33(2)15-16-10-17(13-26-12-16)18-11-19-21(31-32-23(19)28-14-18)24-29-20-6-7-27-25(22(20)30-24)34-8-4-3-5-9-34/h6-7,10-14H,3-5,8-9,15H2,1-2H3,(H,29,30)(H,28,31,32). The highest BCUT2D eigenvalue weighted by molar-refractivity contribution is 5.95. The SMILES string of the molecule is CN(C)Cc1cncc(-c2cnc3n[nH]c(-c4nc5c(N6CCCCC6)nccc5[nH]4)c3c2)c1. The summed E-state index contributed by atoms with van der Waals surface area (Å²) in [6.45, 7) is 2.88. The van der Waals surface area contributed by atoms with Gasteiger partial charge in [-0.2, -0.15) is 5.10 Å². The molecule has 172 valence electrons. The van der Waals surface area contributed by atoms with Gasteiger partial charge in [0.05, 0.1) is 10.9 Å². The zero-order valence-corrected chi connectivity index (χ0v) is 19.4. The van der Waals surface area contributed by atoms with Gasteiger partial charge in [-0.1, -0.05) is 0 Å². The van der Waals surface area contributed by atoms with Crippen LogP contribution in [0.25, 0.3) is 44.7 Å². The molecule has 0 saturated carbocycles. The number of piperidine rings is 1. The molecule has 1 saturated heterocycles. The first-order chi connectivity index (χ1) is 16.7. The quantitative estimate of drug-likeness (QED) is 0.414. The minimum atomic E-state index is 0.658. The Hall–Kier alpha value is -3.85. The average molecular weight is 454 g/mol. The van der Waals surface area contributed by atoms with Crippen molar-refractivity contribution in [1.29, 1.82) is 0 Å². The first-order valence-electron chi connectivity index (χ1n) is 11.7. The van der Waals surface area contributed by atoms with Crippen LogP contribution in [0.1, 0.15) is 24.8 Å². The zero-order chi connectivity index (χ0) is 23.1. The first-order valence-corrected chi connectivity index (χ1v) is 11.7. The molecule has 0 spiro atoms. The van der Waals surface area contributed by atoms with Gasteiger partial charge in [0.25, 0.3) is 0 Å². The van der Waals surface area contributed by atoms with E-state index in [1.165, 1.54) is 19.3 Å². The van der Waals surface area contributed by atoms with Crippen LogP contribution in [-0.2, 0) is 6.54 Å². The second kappa shape index (κ2) is 8.49. The van der Waals surface area contributed by atoms with Crippen molar-refractivity contribution in [3.63, 3.8) is 0 Å². The molecule has 34 heavy (non-hydrogen) atoms. The third-order valence-electron chi connectivity index (χ3n) is 6.31. The lowest BCUT2D eigenvalue weighted by Crippen LogP contribution is -2.30. The van der Waals surface area contributed by atoms with E-state index in [1.807, 2.05) is 30.9 Å². The summed E-state index contributed by atoms with van der Waals surface area (Å²) in [6.07, 6.45) is 11.1. The van der Waals surface area contributed by atoms with Crippen molar-refractivity contribution < 1.29 is 0 Å². The molecule has 0 atom stereocenters. The van der Waals surface area contributed by atoms with Crippen LogP contribution < -0.4 is 4.90 Å². The number of hydrogen-bond donors (Lipinski definition) is 2. The molecule has 9 nitrogen and oxygen atoms in total. The molecule has 0 radical (unpaired) electrons. The van der Waals surface area contributed by atoms with Gasteiger partial charge in [0.2, 0.25) is 0 Å². The van der Waals surface area contributed by atoms with E-state index in [4.69, 9.17) is 4.98 Å². The van der Waals surface area contributed by atoms with E-state index in [-0.39, 0.29) is 0 Å². The van der Waals surface area contributed by atoms with Gasteiger partial charge in [0.15, 0.2) is 17.3 Å². The predicted molar refractivity (Wildman–Crippen MR) is 133 cm³/mol. The molecule has 1 aliphatic rings. The number of nitrogens with one attached hydrogen (secondary N) is 2. The summed E-state index contributed by atoms with van der Waals surface area (Å²) in [5.74, 6) is 1.69. The number of imidazole rings is 1. The van der Waals surface area contributed by atoms with Crippen LogP contribution in [0, 0.1) is 0 Å². The maximum absolute atomic E-state index is 4.95. The minimum absolute atomic E-state index is 0.658. The molecular weight excluding hydrogens is 426 g/mol. The van der Waals surface area contributed by atoms with Crippen molar-refractivity contribution >= 4 is 27.9 Å². The van der Waals surface area contributed by atoms with Gasteiger partial charge in [-0.15, -0.1) is 0 Å². The van der Waals surface area contributed by atoms with Gasteiger partial charge in [-0.25, -0.2) is 15.0 Å². The van der Waals surface area contributed by atoms with Crippen LogP contribution in [0.15, 0.2) is 43.0 Å². The highest BCUT2D eigenvalue weighted by Crippen LogP contribution is 2.31. The number of nitrogens with zero attached hydrogens (tertiary/aromatic N) is 7. The number of aromatic amines is 2. The smallest absolute Gasteiger partial charge is 0.181 e. The Kier molecular flexibility index (Phi) is 5.18. The van der Waals surface area contributed by atoms with Gasteiger partial charge >= 0.3 is 0 Å². The number of H-pyrrole nitrogens is 2. The first kappa shape index (κ1) is 20.7. The van der Waals surface area contributed by atoms with Gasteiger partial charge < -0.3 is 14.8 Å². The number of hydrogen-bond acceptors (Lipinski definition) is 7. The second-order valence-corrected chi connectivity index (χ2v) is 9.18. The highest BCUT2D eigenvalue weighted by Gasteiger charge is 2.20. The van der Waals surface area contributed by atoms with Crippen LogP contribution in [0.5, 0.6) is 0 Å². The lowest BCUT2D eigenvalue weighted by atomic mass is 10.1. The van der Waals surface area contributed by atoms with Crippen LogP contribution >= 0.6 is 0 Å². The normalized spacial score (nSPS) is 14.5. The van der Waals surface area contributed by atoms with Crippen LogP contribution in [-0.4, -0.2) is 67.2 Å².